The van der Waals surface area contributed by atoms with Crippen LogP contribution < -0.4 is 0 Å². The summed E-state index contributed by atoms with van der Waals surface area (Å²) < 4.78 is 32.2. The van der Waals surface area contributed by atoms with Gasteiger partial charge >= 0.3 is 40.7 Å². The average molecular weight is 289 g/mol. The van der Waals surface area contributed by atoms with E-state index in [1.807, 2.05) is 0 Å². The Morgan fingerprint density at radius 2 is 1.50 bits per heavy atom. The van der Waals surface area contributed by atoms with Crippen molar-refractivity contribution in [2.45, 2.75) is 12.6 Å². The van der Waals surface area contributed by atoms with Crippen molar-refractivity contribution >= 4 is 19.8 Å². The van der Waals surface area contributed by atoms with E-state index in [0.29, 0.717) is 0 Å². The van der Waals surface area contributed by atoms with Gasteiger partial charge in [-0.2, -0.15) is 13.2 Å². The normalized spacial score (nSPS) is 9.88. The third-order valence-electron chi connectivity index (χ3n) is 0.283. The van der Waals surface area contributed by atoms with E-state index in [4.69, 9.17) is 0 Å². The third-order valence-corrected chi connectivity index (χ3v) is 0.283. The quantitative estimate of drug-likeness (QED) is 0.365. The summed E-state index contributed by atoms with van der Waals surface area (Å²) in [6.07, 6.45) is -5.05. The van der Waals surface area contributed by atoms with E-state index in [1.54, 1.807) is 0 Å². The summed E-state index contributed by atoms with van der Waals surface area (Å²) in [5.41, 5.74) is 0. The van der Waals surface area contributed by atoms with Gasteiger partial charge in [0.2, 0.25) is 0 Å². The molecule has 0 heterocycles. The van der Waals surface area contributed by atoms with Crippen LogP contribution in [-0.4, -0.2) is 6.18 Å². The molecular formula is C3H4F3IZn. The molecule has 0 fully saturated rings. The maximum atomic E-state index is 10.7. The molecule has 0 aromatic heterocycles. The van der Waals surface area contributed by atoms with Crippen molar-refractivity contribution in [2.24, 2.45) is 0 Å². The molecule has 46 valence electrons. The summed E-state index contributed by atoms with van der Waals surface area (Å²) in [5, 5.41) is 0. The van der Waals surface area contributed by atoms with Gasteiger partial charge in [0.1, 0.15) is 0 Å². The Morgan fingerprint density at radius 3 is 1.50 bits per heavy atom. The first kappa shape index (κ1) is 11.9. The minimum absolute atomic E-state index is 0.979. The van der Waals surface area contributed by atoms with Crippen LogP contribution in [0.5, 0.6) is 0 Å². The molecule has 0 saturated carbocycles. The Balaban J connectivity index is 0. The molecule has 0 aliphatic carbocycles. The summed E-state index contributed by atoms with van der Waals surface area (Å²) in [6, 6.07) is 0. The number of alkyl halides is 3. The van der Waals surface area contributed by atoms with Gasteiger partial charge in [-0.15, -0.1) is 0 Å². The zero-order valence-corrected chi connectivity index (χ0v) is 9.26. The molecule has 0 atom stereocenters. The third kappa shape index (κ3) is 15.7. The molecule has 0 aliphatic heterocycles. The molecule has 0 aromatic carbocycles. The van der Waals surface area contributed by atoms with Gasteiger partial charge in [-0.05, 0) is 0 Å². The molecule has 0 rings (SSSR count). The van der Waals surface area contributed by atoms with Crippen LogP contribution in [0.1, 0.15) is 6.42 Å². The van der Waals surface area contributed by atoms with E-state index < -0.39 is 12.6 Å². The molecule has 0 radical (unpaired) electrons. The first-order valence-corrected chi connectivity index (χ1v) is 10.7. The van der Waals surface area contributed by atoms with Crippen LogP contribution in [0.2, 0.25) is 0 Å². The molecule has 0 nitrogen and oxygen atoms in total. The van der Waals surface area contributed by atoms with Crippen LogP contribution in [-0.2, 0) is 14.8 Å². The topological polar surface area (TPSA) is 0 Å². The standard InChI is InChI=1S/C3H4F3.HI.Zn/c1-2-3(4,5)6;;/h1-2H2;1H;/q-1;;+2/p-1. The summed E-state index contributed by atoms with van der Waals surface area (Å²) in [7, 11) is 0. The molecule has 8 heavy (non-hydrogen) atoms. The molecule has 5 heteroatoms. The number of halogens is 4. The van der Waals surface area contributed by atoms with Crippen molar-refractivity contribution in [3.8, 4) is 0 Å². The summed E-state index contributed by atoms with van der Waals surface area (Å²) >= 11 is 3.62. The van der Waals surface area contributed by atoms with Gasteiger partial charge in [0, 0.05) is 0 Å². The molecule has 0 aliphatic rings. The number of rotatable bonds is 0. The van der Waals surface area contributed by atoms with E-state index >= 15 is 0 Å². The second-order valence-corrected chi connectivity index (χ2v) is 0.865. The minimum atomic E-state index is -4.07. The SMILES string of the molecule is [CH2-]CC(F)(F)F.[Zn+][I]. The van der Waals surface area contributed by atoms with Crippen LogP contribution in [0.3, 0.4) is 0 Å². The summed E-state index contributed by atoms with van der Waals surface area (Å²) in [5.74, 6) is 0. The molecule has 0 aromatic rings. The Kier molecular flexibility index (Phi) is 9.31. The van der Waals surface area contributed by atoms with Gasteiger partial charge in [-0.3, -0.25) is 0 Å². The average Bonchev–Trinajstić information content (AvgIpc) is 1.71. The Bertz CT molecular complexity index is 44.3. The zero-order chi connectivity index (χ0) is 7.21. The van der Waals surface area contributed by atoms with Gasteiger partial charge < -0.3 is 6.92 Å². The van der Waals surface area contributed by atoms with Crippen LogP contribution in [0.4, 0.5) is 13.2 Å². The fraction of sp³-hybridized carbons (Fsp3) is 0.667. The number of hydrogen-bond donors (Lipinski definition) is 0. The number of hydrogen-bond acceptors (Lipinski definition) is 0. The molecule has 0 bridgehead atoms. The second kappa shape index (κ2) is 6.27. The van der Waals surface area contributed by atoms with Gasteiger partial charge in [-0.1, -0.05) is 6.42 Å². The molecule has 0 spiro atoms. The van der Waals surface area contributed by atoms with Gasteiger partial charge in [0.05, 0.1) is 0 Å². The van der Waals surface area contributed by atoms with Crippen LogP contribution in [0.15, 0.2) is 0 Å². The Morgan fingerprint density at radius 1 is 1.38 bits per heavy atom. The van der Waals surface area contributed by atoms with E-state index in [0.717, 1.165) is 0 Å². The van der Waals surface area contributed by atoms with E-state index in [-0.39, 0.29) is 0 Å². The summed E-state index contributed by atoms with van der Waals surface area (Å²) in [4.78, 5) is 0. The van der Waals surface area contributed by atoms with Crippen molar-refractivity contribution in [3.05, 3.63) is 6.92 Å². The van der Waals surface area contributed by atoms with E-state index in [2.05, 4.69) is 26.7 Å². The first-order valence-electron chi connectivity index (χ1n) is 1.69. The van der Waals surface area contributed by atoms with E-state index in [1.165, 1.54) is 14.8 Å². The Hall–Kier alpha value is 1.14. The van der Waals surface area contributed by atoms with Crippen molar-refractivity contribution in [1.29, 1.82) is 0 Å². The molecule has 0 saturated heterocycles. The monoisotopic (exact) mass is 288 g/mol. The fourth-order valence-electron chi connectivity index (χ4n) is 0. The predicted octanol–water partition coefficient (Wildman–Crippen LogP) is 2.66. The van der Waals surface area contributed by atoms with Crippen LogP contribution in [0, 0.1) is 6.92 Å². The molecule has 0 amide bonds. The van der Waals surface area contributed by atoms with Gasteiger partial charge in [0.15, 0.2) is 0 Å². The van der Waals surface area contributed by atoms with Crippen molar-refractivity contribution < 1.29 is 28.0 Å². The fourth-order valence-corrected chi connectivity index (χ4v) is 0. The van der Waals surface area contributed by atoms with Gasteiger partial charge in [0.25, 0.3) is 0 Å². The first-order chi connectivity index (χ1) is 3.56. The predicted molar refractivity (Wildman–Crippen MR) is 30.0 cm³/mol. The van der Waals surface area contributed by atoms with Crippen LogP contribution >= 0.6 is 19.8 Å². The second-order valence-electron chi connectivity index (χ2n) is 0.865. The van der Waals surface area contributed by atoms with Crippen molar-refractivity contribution in [3.63, 3.8) is 0 Å². The van der Waals surface area contributed by atoms with Gasteiger partial charge in [-0.25, -0.2) is 0 Å². The molecule has 0 unspecified atom stereocenters. The van der Waals surface area contributed by atoms with E-state index in [9.17, 15) is 13.2 Å². The maximum absolute atomic E-state index is 10.7. The molecule has 0 N–H and O–H groups in total. The zero-order valence-electron chi connectivity index (χ0n) is 4.13. The summed E-state index contributed by atoms with van der Waals surface area (Å²) in [6.45, 7) is 2.63. The van der Waals surface area contributed by atoms with Crippen molar-refractivity contribution in [1.82, 2.24) is 0 Å². The van der Waals surface area contributed by atoms with Crippen LogP contribution in [0.25, 0.3) is 0 Å². The van der Waals surface area contributed by atoms with Crippen molar-refractivity contribution in [2.75, 3.05) is 0 Å². The Labute approximate surface area is 67.1 Å². The molecular weight excluding hydrogens is 285 g/mol.